The van der Waals surface area contributed by atoms with Crippen molar-refractivity contribution in [2.75, 3.05) is 39.3 Å². The zero-order valence-electron chi connectivity index (χ0n) is 21.2. The Balaban J connectivity index is 0.944. The third-order valence-corrected chi connectivity index (χ3v) is 10.8. The van der Waals surface area contributed by atoms with Gasteiger partial charge >= 0.3 is 0 Å². The molecular formula is C29H48N4. The van der Waals surface area contributed by atoms with Crippen molar-refractivity contribution in [2.24, 2.45) is 35.0 Å². The van der Waals surface area contributed by atoms with Gasteiger partial charge in [0.15, 0.2) is 0 Å². The van der Waals surface area contributed by atoms with Crippen molar-refractivity contribution in [3.63, 3.8) is 0 Å². The maximum Gasteiger partial charge on any atom is 0.0351 e. The smallest absolute Gasteiger partial charge is 0.0351 e. The van der Waals surface area contributed by atoms with Crippen LogP contribution in [0.15, 0.2) is 24.6 Å². The number of hydrogen-bond donors (Lipinski definition) is 1. The molecule has 2 saturated heterocycles. The highest BCUT2D eigenvalue weighted by Gasteiger charge is 2.44. The van der Waals surface area contributed by atoms with E-state index in [0.29, 0.717) is 5.41 Å². The van der Waals surface area contributed by atoms with E-state index in [9.17, 15) is 0 Å². The number of hydrazine groups is 1. The Hall–Kier alpha value is -1.00. The van der Waals surface area contributed by atoms with E-state index in [1.807, 2.05) is 0 Å². The number of rotatable bonds is 7. The molecule has 184 valence electrons. The van der Waals surface area contributed by atoms with E-state index in [1.165, 1.54) is 95.1 Å². The number of piperazine rings is 1. The van der Waals surface area contributed by atoms with Crippen molar-refractivity contribution in [3.05, 3.63) is 24.6 Å². The second kappa shape index (κ2) is 8.90. The fourth-order valence-corrected chi connectivity index (χ4v) is 7.78. The predicted molar refractivity (Wildman–Crippen MR) is 136 cm³/mol. The van der Waals surface area contributed by atoms with Gasteiger partial charge in [-0.2, -0.15) is 0 Å². The van der Waals surface area contributed by atoms with Crippen molar-refractivity contribution in [2.45, 2.75) is 83.6 Å². The maximum absolute atomic E-state index is 4.62. The maximum atomic E-state index is 4.62. The zero-order chi connectivity index (χ0) is 22.6. The zero-order valence-corrected chi connectivity index (χ0v) is 21.2. The van der Waals surface area contributed by atoms with Crippen LogP contribution in [-0.2, 0) is 0 Å². The lowest BCUT2D eigenvalue weighted by Crippen LogP contribution is -2.47. The lowest BCUT2D eigenvalue weighted by molar-refractivity contribution is 0.0850. The summed E-state index contributed by atoms with van der Waals surface area (Å²) in [4.78, 5) is 5.18. The number of allylic oxidation sites excluding steroid dienone is 2. The molecule has 0 radical (unpaired) electrons. The minimum absolute atomic E-state index is 0.417. The highest BCUT2D eigenvalue weighted by molar-refractivity contribution is 5.17. The van der Waals surface area contributed by atoms with Crippen LogP contribution in [0.2, 0.25) is 0 Å². The summed E-state index contributed by atoms with van der Waals surface area (Å²) in [5.41, 5.74) is 7.05. The van der Waals surface area contributed by atoms with Gasteiger partial charge < -0.3 is 9.80 Å². The van der Waals surface area contributed by atoms with Crippen LogP contribution in [0, 0.1) is 35.0 Å². The summed E-state index contributed by atoms with van der Waals surface area (Å²) in [6.07, 6.45) is 15.7. The van der Waals surface area contributed by atoms with E-state index >= 15 is 0 Å². The van der Waals surface area contributed by atoms with Gasteiger partial charge in [-0.05, 0) is 100 Å². The molecule has 3 atom stereocenters. The molecule has 6 rings (SSSR count). The number of nitrogens with zero attached hydrogens (tertiary/aromatic N) is 3. The topological polar surface area (TPSA) is 21.8 Å². The molecule has 0 aromatic heterocycles. The van der Waals surface area contributed by atoms with E-state index in [-0.39, 0.29) is 0 Å². The van der Waals surface area contributed by atoms with E-state index in [2.05, 4.69) is 40.3 Å². The van der Waals surface area contributed by atoms with Crippen molar-refractivity contribution in [1.29, 1.82) is 0 Å². The summed E-state index contributed by atoms with van der Waals surface area (Å²) < 4.78 is 0. The third kappa shape index (κ3) is 4.63. The minimum Gasteiger partial charge on any atom is -0.372 e. The summed E-state index contributed by atoms with van der Waals surface area (Å²) in [5, 5.41) is 2.65. The normalized spacial score (nSPS) is 38.8. The molecule has 0 amide bonds. The largest absolute Gasteiger partial charge is 0.372 e. The lowest BCUT2D eigenvalue weighted by atomic mass is 9.67. The molecular weight excluding hydrogens is 404 g/mol. The summed E-state index contributed by atoms with van der Waals surface area (Å²) in [6.45, 7) is 18.6. The lowest BCUT2D eigenvalue weighted by Gasteiger charge is -2.44. The summed E-state index contributed by atoms with van der Waals surface area (Å²) in [6, 6.07) is 0.843. The highest BCUT2D eigenvalue weighted by Crippen LogP contribution is 2.52. The van der Waals surface area contributed by atoms with Crippen molar-refractivity contribution in [3.8, 4) is 0 Å². The molecule has 4 nitrogen and oxygen atoms in total. The van der Waals surface area contributed by atoms with E-state index < -0.39 is 0 Å². The number of fused-ring (bicyclic) bond motifs is 1. The first-order chi connectivity index (χ1) is 16.0. The standard InChI is InChI=1S/C29H48N4/c1-21(31-14-16-32(17-15-31)22(2)29(3)12-13-29)24-6-8-25(9-7-24)26-10-11-28-27(18-26)19-30-33(28)20-23-4-5-23/h23-28,30H,1-2,4-20H2,3H3. The third-order valence-electron chi connectivity index (χ3n) is 10.8. The molecule has 6 aliphatic rings. The second-order valence-corrected chi connectivity index (χ2v) is 12.9. The predicted octanol–water partition coefficient (Wildman–Crippen LogP) is 5.25. The molecule has 4 heteroatoms. The molecule has 4 aliphatic carbocycles. The fourth-order valence-electron chi connectivity index (χ4n) is 7.78. The molecule has 1 N–H and O–H groups in total. The Bertz CT molecular complexity index is 737. The Labute approximate surface area is 202 Å². The summed E-state index contributed by atoms with van der Waals surface area (Å²) in [5.74, 6) is 4.61. The SMILES string of the molecule is C=C(C1CCC(C2CCC3C(CNN3CC3CC3)C2)CC1)N1CCN(C(=C)C2(C)CC2)CC1. The molecule has 4 saturated carbocycles. The van der Waals surface area contributed by atoms with Crippen LogP contribution in [0.5, 0.6) is 0 Å². The van der Waals surface area contributed by atoms with Crippen LogP contribution in [0.1, 0.15) is 77.6 Å². The Morgan fingerprint density at radius 3 is 2.15 bits per heavy atom. The highest BCUT2D eigenvalue weighted by atomic mass is 15.5. The Kier molecular flexibility index (Phi) is 6.06. The van der Waals surface area contributed by atoms with Crippen LogP contribution < -0.4 is 5.43 Å². The first kappa shape index (κ1) is 22.5. The van der Waals surface area contributed by atoms with E-state index in [1.54, 1.807) is 0 Å². The van der Waals surface area contributed by atoms with Gasteiger partial charge in [-0.3, -0.25) is 5.43 Å². The van der Waals surface area contributed by atoms with Gasteiger partial charge in [-0.15, -0.1) is 0 Å². The molecule has 2 aliphatic heterocycles. The second-order valence-electron chi connectivity index (χ2n) is 12.9. The van der Waals surface area contributed by atoms with Crippen molar-refractivity contribution >= 4 is 0 Å². The molecule has 6 fully saturated rings. The van der Waals surface area contributed by atoms with Crippen LogP contribution in [0.4, 0.5) is 0 Å². The first-order valence-corrected chi connectivity index (χ1v) is 14.4. The van der Waals surface area contributed by atoms with Gasteiger partial charge in [0.25, 0.3) is 0 Å². The molecule has 0 spiro atoms. The molecule has 0 aromatic rings. The van der Waals surface area contributed by atoms with Crippen LogP contribution in [0.3, 0.4) is 0 Å². The van der Waals surface area contributed by atoms with E-state index in [4.69, 9.17) is 0 Å². The minimum atomic E-state index is 0.417. The summed E-state index contributed by atoms with van der Waals surface area (Å²) in [7, 11) is 0. The Morgan fingerprint density at radius 2 is 1.48 bits per heavy atom. The molecule has 33 heavy (non-hydrogen) atoms. The van der Waals surface area contributed by atoms with Crippen molar-refractivity contribution < 1.29 is 0 Å². The molecule has 2 heterocycles. The van der Waals surface area contributed by atoms with Gasteiger partial charge in [0.2, 0.25) is 0 Å². The van der Waals surface area contributed by atoms with Crippen LogP contribution in [-0.4, -0.2) is 60.1 Å². The van der Waals surface area contributed by atoms with Gasteiger partial charge in [-0.1, -0.05) is 20.1 Å². The van der Waals surface area contributed by atoms with Gasteiger partial charge in [0, 0.05) is 62.1 Å². The average Bonchev–Trinajstić information content (AvgIpc) is 3.78. The number of nitrogens with one attached hydrogen (secondary N) is 1. The van der Waals surface area contributed by atoms with Crippen LogP contribution >= 0.6 is 0 Å². The van der Waals surface area contributed by atoms with Gasteiger partial charge in [0.05, 0.1) is 0 Å². The van der Waals surface area contributed by atoms with Gasteiger partial charge in [0.1, 0.15) is 0 Å². The average molecular weight is 453 g/mol. The summed E-state index contributed by atoms with van der Waals surface area (Å²) >= 11 is 0. The fraction of sp³-hybridized carbons (Fsp3) is 0.862. The van der Waals surface area contributed by atoms with E-state index in [0.717, 1.165) is 61.8 Å². The first-order valence-electron chi connectivity index (χ1n) is 14.4. The quantitative estimate of drug-likeness (QED) is 0.569. The van der Waals surface area contributed by atoms with Gasteiger partial charge in [-0.25, -0.2) is 5.01 Å². The van der Waals surface area contributed by atoms with Crippen molar-refractivity contribution in [1.82, 2.24) is 20.2 Å². The number of hydrogen-bond acceptors (Lipinski definition) is 4. The molecule has 0 aromatic carbocycles. The Morgan fingerprint density at radius 1 is 0.818 bits per heavy atom. The van der Waals surface area contributed by atoms with Crippen LogP contribution in [0.25, 0.3) is 0 Å². The molecule has 3 unspecified atom stereocenters. The monoisotopic (exact) mass is 452 g/mol. The molecule has 0 bridgehead atoms.